The number of nitrogens with zero attached hydrogens (tertiary/aromatic N) is 2. The third kappa shape index (κ3) is 2.91. The molecular formula is C16H22N4O. The Labute approximate surface area is 125 Å². The molecule has 1 unspecified atom stereocenters. The van der Waals surface area contributed by atoms with E-state index in [9.17, 15) is 4.79 Å². The van der Waals surface area contributed by atoms with E-state index in [0.717, 1.165) is 16.8 Å². The SMILES string of the molecule is CCc1nn(C)c(C(=O)NC(C)c2ccccc2C)c1N. The lowest BCUT2D eigenvalue weighted by Crippen LogP contribution is -2.29. The molecule has 0 fully saturated rings. The molecule has 5 nitrogen and oxygen atoms in total. The Morgan fingerprint density at radius 2 is 2.10 bits per heavy atom. The Morgan fingerprint density at radius 3 is 2.67 bits per heavy atom. The van der Waals surface area contributed by atoms with Crippen molar-refractivity contribution in [3.8, 4) is 0 Å². The smallest absolute Gasteiger partial charge is 0.272 e. The fraction of sp³-hybridized carbons (Fsp3) is 0.375. The van der Waals surface area contributed by atoms with Crippen LogP contribution in [0, 0.1) is 6.92 Å². The molecule has 21 heavy (non-hydrogen) atoms. The molecule has 1 aromatic heterocycles. The second-order valence-corrected chi connectivity index (χ2v) is 5.24. The number of carbonyl (C=O) groups is 1. The summed E-state index contributed by atoms with van der Waals surface area (Å²) >= 11 is 0. The Kier molecular flexibility index (Phi) is 4.31. The summed E-state index contributed by atoms with van der Waals surface area (Å²) in [6, 6.07) is 7.92. The molecule has 0 radical (unpaired) electrons. The molecule has 0 saturated carbocycles. The number of aromatic nitrogens is 2. The standard InChI is InChI=1S/C16H22N4O/c1-5-13-14(17)15(20(4)19-13)16(21)18-11(3)12-9-7-6-8-10(12)2/h6-9,11H,5,17H2,1-4H3,(H,18,21). The van der Waals surface area contributed by atoms with Crippen molar-refractivity contribution < 1.29 is 4.79 Å². The van der Waals surface area contributed by atoms with Crippen LogP contribution in [0.4, 0.5) is 5.69 Å². The van der Waals surface area contributed by atoms with Gasteiger partial charge in [0.15, 0.2) is 0 Å². The third-order valence-electron chi connectivity index (χ3n) is 3.71. The number of amides is 1. The minimum atomic E-state index is -0.196. The first-order chi connectivity index (χ1) is 9.95. The minimum Gasteiger partial charge on any atom is -0.395 e. The maximum absolute atomic E-state index is 12.5. The highest BCUT2D eigenvalue weighted by Gasteiger charge is 2.21. The second-order valence-electron chi connectivity index (χ2n) is 5.24. The predicted molar refractivity (Wildman–Crippen MR) is 84.1 cm³/mol. The van der Waals surface area contributed by atoms with E-state index in [-0.39, 0.29) is 11.9 Å². The van der Waals surface area contributed by atoms with Gasteiger partial charge in [0.05, 0.1) is 17.4 Å². The highest BCUT2D eigenvalue weighted by Crippen LogP contribution is 2.20. The summed E-state index contributed by atoms with van der Waals surface area (Å²) in [5, 5.41) is 7.27. The van der Waals surface area contributed by atoms with Crippen LogP contribution in [0.1, 0.15) is 47.2 Å². The van der Waals surface area contributed by atoms with Crippen molar-refractivity contribution in [2.45, 2.75) is 33.2 Å². The monoisotopic (exact) mass is 286 g/mol. The Bertz CT molecular complexity index is 660. The van der Waals surface area contributed by atoms with E-state index < -0.39 is 0 Å². The normalized spacial score (nSPS) is 12.2. The average molecular weight is 286 g/mol. The summed E-state index contributed by atoms with van der Waals surface area (Å²) in [5.74, 6) is -0.196. The van der Waals surface area contributed by atoms with Gasteiger partial charge in [0, 0.05) is 7.05 Å². The molecule has 1 amide bonds. The van der Waals surface area contributed by atoms with Crippen LogP contribution in [0.2, 0.25) is 0 Å². The number of benzene rings is 1. The lowest BCUT2D eigenvalue weighted by molar-refractivity contribution is 0.0931. The van der Waals surface area contributed by atoms with Crippen LogP contribution in [0.15, 0.2) is 24.3 Å². The van der Waals surface area contributed by atoms with E-state index in [0.29, 0.717) is 17.8 Å². The molecule has 1 atom stereocenters. The Balaban J connectivity index is 2.23. The zero-order chi connectivity index (χ0) is 15.6. The number of nitrogens with two attached hydrogens (primary N) is 1. The zero-order valence-corrected chi connectivity index (χ0v) is 13.0. The number of nitrogen functional groups attached to an aromatic ring is 1. The van der Waals surface area contributed by atoms with Crippen LogP contribution in [0.25, 0.3) is 0 Å². The van der Waals surface area contributed by atoms with E-state index >= 15 is 0 Å². The van der Waals surface area contributed by atoms with Crippen LogP contribution in [0.3, 0.4) is 0 Å². The maximum atomic E-state index is 12.5. The van der Waals surface area contributed by atoms with E-state index in [1.165, 1.54) is 0 Å². The molecule has 0 aliphatic heterocycles. The topological polar surface area (TPSA) is 72.9 Å². The number of aryl methyl sites for hydroxylation is 3. The van der Waals surface area contributed by atoms with Gasteiger partial charge < -0.3 is 11.1 Å². The molecule has 1 heterocycles. The first-order valence-corrected chi connectivity index (χ1v) is 7.13. The van der Waals surface area contributed by atoms with Crippen LogP contribution < -0.4 is 11.1 Å². The van der Waals surface area contributed by atoms with Crippen molar-refractivity contribution in [3.63, 3.8) is 0 Å². The van der Waals surface area contributed by atoms with Crippen molar-refractivity contribution in [1.82, 2.24) is 15.1 Å². The van der Waals surface area contributed by atoms with Gasteiger partial charge in [-0.3, -0.25) is 9.48 Å². The van der Waals surface area contributed by atoms with E-state index in [2.05, 4.69) is 10.4 Å². The third-order valence-corrected chi connectivity index (χ3v) is 3.71. The minimum absolute atomic E-state index is 0.0851. The predicted octanol–water partition coefficient (Wildman–Crippen LogP) is 2.36. The van der Waals surface area contributed by atoms with Gasteiger partial charge >= 0.3 is 0 Å². The van der Waals surface area contributed by atoms with Gasteiger partial charge in [0.25, 0.3) is 5.91 Å². The molecule has 0 aliphatic carbocycles. The highest BCUT2D eigenvalue weighted by atomic mass is 16.2. The van der Waals surface area contributed by atoms with Gasteiger partial charge in [0.2, 0.25) is 0 Å². The number of hydrogen-bond acceptors (Lipinski definition) is 3. The molecule has 2 rings (SSSR count). The molecule has 3 N–H and O–H groups in total. The van der Waals surface area contributed by atoms with Crippen LogP contribution >= 0.6 is 0 Å². The van der Waals surface area contributed by atoms with Gasteiger partial charge in [-0.1, -0.05) is 31.2 Å². The lowest BCUT2D eigenvalue weighted by atomic mass is 10.0. The summed E-state index contributed by atoms with van der Waals surface area (Å²) in [6.07, 6.45) is 0.709. The molecule has 112 valence electrons. The lowest BCUT2D eigenvalue weighted by Gasteiger charge is -2.16. The largest absolute Gasteiger partial charge is 0.395 e. The van der Waals surface area contributed by atoms with Crippen molar-refractivity contribution in [2.75, 3.05) is 5.73 Å². The number of nitrogens with one attached hydrogen (secondary N) is 1. The van der Waals surface area contributed by atoms with Gasteiger partial charge in [0.1, 0.15) is 5.69 Å². The van der Waals surface area contributed by atoms with Gasteiger partial charge in [-0.15, -0.1) is 0 Å². The summed E-state index contributed by atoms with van der Waals surface area (Å²) in [7, 11) is 1.74. The average Bonchev–Trinajstić information content (AvgIpc) is 2.73. The van der Waals surface area contributed by atoms with E-state index in [1.807, 2.05) is 45.0 Å². The number of anilines is 1. The molecule has 0 saturated heterocycles. The highest BCUT2D eigenvalue weighted by molar-refractivity contribution is 5.98. The molecule has 0 spiro atoms. The first kappa shape index (κ1) is 15.1. The first-order valence-electron chi connectivity index (χ1n) is 7.13. The number of carbonyl (C=O) groups excluding carboxylic acids is 1. The maximum Gasteiger partial charge on any atom is 0.272 e. The summed E-state index contributed by atoms with van der Waals surface area (Å²) in [4.78, 5) is 12.5. The van der Waals surface area contributed by atoms with Crippen molar-refractivity contribution in [3.05, 3.63) is 46.8 Å². The quantitative estimate of drug-likeness (QED) is 0.906. The van der Waals surface area contributed by atoms with Crippen LogP contribution in [-0.2, 0) is 13.5 Å². The molecule has 0 aliphatic rings. The second kappa shape index (κ2) is 5.99. The van der Waals surface area contributed by atoms with Crippen LogP contribution in [-0.4, -0.2) is 15.7 Å². The zero-order valence-electron chi connectivity index (χ0n) is 13.0. The van der Waals surface area contributed by atoms with Crippen LogP contribution in [0.5, 0.6) is 0 Å². The summed E-state index contributed by atoms with van der Waals surface area (Å²) in [6.45, 7) is 5.97. The van der Waals surface area contributed by atoms with Gasteiger partial charge in [-0.25, -0.2) is 0 Å². The fourth-order valence-corrected chi connectivity index (χ4v) is 2.54. The Hall–Kier alpha value is -2.30. The molecule has 2 aromatic rings. The van der Waals surface area contributed by atoms with E-state index in [4.69, 9.17) is 5.73 Å². The van der Waals surface area contributed by atoms with Gasteiger partial charge in [-0.2, -0.15) is 5.10 Å². The van der Waals surface area contributed by atoms with Crippen molar-refractivity contribution >= 4 is 11.6 Å². The van der Waals surface area contributed by atoms with Crippen molar-refractivity contribution in [2.24, 2.45) is 7.05 Å². The van der Waals surface area contributed by atoms with Crippen molar-refractivity contribution in [1.29, 1.82) is 0 Å². The molecule has 5 heteroatoms. The molecule has 1 aromatic carbocycles. The summed E-state index contributed by atoms with van der Waals surface area (Å²) < 4.78 is 1.55. The number of rotatable bonds is 4. The molecule has 0 bridgehead atoms. The van der Waals surface area contributed by atoms with Gasteiger partial charge in [-0.05, 0) is 31.4 Å². The number of hydrogen-bond donors (Lipinski definition) is 2. The summed E-state index contributed by atoms with van der Waals surface area (Å²) in [5.41, 5.74) is 9.91. The van der Waals surface area contributed by atoms with E-state index in [1.54, 1.807) is 11.7 Å². The molecular weight excluding hydrogens is 264 g/mol. The fourth-order valence-electron chi connectivity index (χ4n) is 2.54. The Morgan fingerprint density at radius 1 is 1.43 bits per heavy atom.